The first-order chi connectivity index (χ1) is 12.8. The molecule has 144 valence electrons. The van der Waals surface area contributed by atoms with Crippen molar-refractivity contribution in [2.45, 2.75) is 24.7 Å². The van der Waals surface area contributed by atoms with Crippen molar-refractivity contribution in [1.82, 2.24) is 4.72 Å². The molecule has 0 aromatic heterocycles. The molecule has 0 atom stereocenters. The SMILES string of the molecule is O=C(NS(=O)(=O)c1ccc(CO)cc1)OCc1ccccc1CO[N+](=O)[O-]. The molecule has 0 aliphatic carbocycles. The highest BCUT2D eigenvalue weighted by Crippen LogP contribution is 2.13. The number of carbonyl (C=O) groups is 1. The van der Waals surface area contributed by atoms with E-state index in [0.29, 0.717) is 16.7 Å². The Labute approximate surface area is 154 Å². The summed E-state index contributed by atoms with van der Waals surface area (Å²) in [6.07, 6.45) is -1.20. The summed E-state index contributed by atoms with van der Waals surface area (Å²) in [5, 5.41) is 18.3. The molecule has 2 N–H and O–H groups in total. The summed E-state index contributed by atoms with van der Waals surface area (Å²) in [4.78, 5) is 26.2. The summed E-state index contributed by atoms with van der Waals surface area (Å²) in [5.74, 6) is 0. The van der Waals surface area contributed by atoms with E-state index in [2.05, 4.69) is 4.84 Å². The Balaban J connectivity index is 1.98. The number of carbonyl (C=O) groups excluding carboxylic acids is 1. The van der Waals surface area contributed by atoms with E-state index >= 15 is 0 Å². The predicted molar refractivity (Wildman–Crippen MR) is 91.1 cm³/mol. The lowest BCUT2D eigenvalue weighted by atomic mass is 10.1. The summed E-state index contributed by atoms with van der Waals surface area (Å²) >= 11 is 0. The summed E-state index contributed by atoms with van der Waals surface area (Å²) in [6, 6.07) is 11.7. The van der Waals surface area contributed by atoms with Crippen LogP contribution in [0.5, 0.6) is 0 Å². The molecule has 0 saturated heterocycles. The smallest absolute Gasteiger partial charge is 0.421 e. The van der Waals surface area contributed by atoms with Crippen molar-refractivity contribution in [2.24, 2.45) is 0 Å². The van der Waals surface area contributed by atoms with Crippen LogP contribution in [-0.2, 0) is 39.4 Å². The zero-order chi connectivity index (χ0) is 19.9. The molecule has 2 aromatic rings. The fourth-order valence-corrected chi connectivity index (χ4v) is 2.97. The number of aliphatic hydroxyl groups is 1. The van der Waals surface area contributed by atoms with Gasteiger partial charge in [0, 0.05) is 0 Å². The molecule has 10 nitrogen and oxygen atoms in total. The second-order valence-corrected chi connectivity index (χ2v) is 6.93. The highest BCUT2D eigenvalue weighted by Gasteiger charge is 2.19. The van der Waals surface area contributed by atoms with Crippen LogP contribution in [0.15, 0.2) is 53.4 Å². The van der Waals surface area contributed by atoms with Crippen molar-refractivity contribution in [3.63, 3.8) is 0 Å². The Morgan fingerprint density at radius 1 is 1.07 bits per heavy atom. The maximum Gasteiger partial charge on any atom is 0.421 e. The second-order valence-electron chi connectivity index (χ2n) is 5.25. The third-order valence-corrected chi connectivity index (χ3v) is 4.76. The topological polar surface area (TPSA) is 145 Å². The van der Waals surface area contributed by atoms with Gasteiger partial charge in [0.1, 0.15) is 13.2 Å². The number of nitrogens with one attached hydrogen (secondary N) is 1. The predicted octanol–water partition coefficient (Wildman–Crippen LogP) is 1.50. The van der Waals surface area contributed by atoms with E-state index in [0.717, 1.165) is 0 Å². The molecular weight excluding hydrogens is 380 g/mol. The molecule has 11 heteroatoms. The zero-order valence-corrected chi connectivity index (χ0v) is 14.7. The van der Waals surface area contributed by atoms with Gasteiger partial charge in [-0.25, -0.2) is 17.9 Å². The summed E-state index contributed by atoms with van der Waals surface area (Å²) < 4.78 is 30.9. The van der Waals surface area contributed by atoms with E-state index in [4.69, 9.17) is 9.84 Å². The molecule has 27 heavy (non-hydrogen) atoms. The fraction of sp³-hybridized carbons (Fsp3) is 0.188. The Hall–Kier alpha value is -3.18. The lowest BCUT2D eigenvalue weighted by molar-refractivity contribution is -0.763. The Bertz CT molecular complexity index is 912. The van der Waals surface area contributed by atoms with Crippen molar-refractivity contribution in [2.75, 3.05) is 0 Å². The number of hydrogen-bond acceptors (Lipinski definition) is 8. The number of nitrogens with zero attached hydrogens (tertiary/aromatic N) is 1. The van der Waals surface area contributed by atoms with E-state index in [-0.39, 0.29) is 24.7 Å². The van der Waals surface area contributed by atoms with Crippen LogP contribution < -0.4 is 4.72 Å². The molecule has 0 unspecified atom stereocenters. The van der Waals surface area contributed by atoms with Crippen LogP contribution in [0.25, 0.3) is 0 Å². The lowest BCUT2D eigenvalue weighted by Crippen LogP contribution is -2.31. The van der Waals surface area contributed by atoms with Crippen LogP contribution in [0, 0.1) is 10.1 Å². The van der Waals surface area contributed by atoms with Crippen LogP contribution in [0.3, 0.4) is 0 Å². The quantitative estimate of drug-likeness (QED) is 0.504. The number of amides is 1. The molecule has 0 fully saturated rings. The van der Waals surface area contributed by atoms with Crippen molar-refractivity contribution in [1.29, 1.82) is 0 Å². The van der Waals surface area contributed by atoms with Crippen LogP contribution in [0.1, 0.15) is 16.7 Å². The van der Waals surface area contributed by atoms with E-state index in [1.807, 2.05) is 0 Å². The highest BCUT2D eigenvalue weighted by atomic mass is 32.2. The molecule has 0 aliphatic heterocycles. The van der Waals surface area contributed by atoms with Crippen molar-refractivity contribution < 1.29 is 33.0 Å². The number of ether oxygens (including phenoxy) is 1. The summed E-state index contributed by atoms with van der Waals surface area (Å²) in [7, 11) is -4.14. The number of sulfonamides is 1. The van der Waals surface area contributed by atoms with E-state index in [1.54, 1.807) is 29.0 Å². The lowest BCUT2D eigenvalue weighted by Gasteiger charge is -2.11. The summed E-state index contributed by atoms with van der Waals surface area (Å²) in [5.41, 5.74) is 1.37. The van der Waals surface area contributed by atoms with Gasteiger partial charge in [-0.2, -0.15) is 0 Å². The average molecular weight is 396 g/mol. The fourth-order valence-electron chi connectivity index (χ4n) is 2.08. The molecule has 0 bridgehead atoms. The van der Waals surface area contributed by atoms with Gasteiger partial charge >= 0.3 is 6.09 Å². The van der Waals surface area contributed by atoms with Gasteiger partial charge in [0.2, 0.25) is 0 Å². The monoisotopic (exact) mass is 396 g/mol. The van der Waals surface area contributed by atoms with Gasteiger partial charge in [-0.05, 0) is 28.8 Å². The first-order valence-corrected chi connectivity index (χ1v) is 9.03. The van der Waals surface area contributed by atoms with Gasteiger partial charge in [0.05, 0.1) is 11.5 Å². The molecular formula is C16H16N2O8S. The second kappa shape index (κ2) is 8.96. The van der Waals surface area contributed by atoms with E-state index in [1.165, 1.54) is 24.3 Å². The Morgan fingerprint density at radius 2 is 1.67 bits per heavy atom. The maximum atomic E-state index is 12.1. The minimum Gasteiger partial charge on any atom is -0.444 e. The van der Waals surface area contributed by atoms with Crippen molar-refractivity contribution >= 4 is 16.1 Å². The highest BCUT2D eigenvalue weighted by molar-refractivity contribution is 7.90. The van der Waals surface area contributed by atoms with Gasteiger partial charge in [-0.3, -0.25) is 0 Å². The Kier molecular flexibility index (Phi) is 6.68. The number of rotatable bonds is 8. The normalized spacial score (nSPS) is 10.9. The third-order valence-electron chi connectivity index (χ3n) is 3.44. The third kappa shape index (κ3) is 5.94. The summed E-state index contributed by atoms with van der Waals surface area (Å²) in [6.45, 7) is -0.874. The molecule has 0 spiro atoms. The molecule has 2 aromatic carbocycles. The molecule has 0 aliphatic rings. The standard InChI is InChI=1S/C16H16N2O8S/c19-9-12-5-7-15(8-6-12)27(23,24)17-16(20)25-10-13-3-1-2-4-14(13)11-26-18(21)22/h1-8,19H,9-11H2,(H,17,20). The van der Waals surface area contributed by atoms with Crippen LogP contribution in [0.2, 0.25) is 0 Å². The maximum absolute atomic E-state index is 12.1. The van der Waals surface area contributed by atoms with E-state index < -0.39 is 21.2 Å². The molecule has 2 rings (SSSR count). The number of hydrogen-bond donors (Lipinski definition) is 2. The number of aliphatic hydroxyl groups excluding tert-OH is 1. The van der Waals surface area contributed by atoms with Gasteiger partial charge in [0.15, 0.2) is 0 Å². The zero-order valence-electron chi connectivity index (χ0n) is 13.9. The molecule has 0 heterocycles. The first kappa shape index (κ1) is 20.1. The van der Waals surface area contributed by atoms with Crippen LogP contribution in [0.4, 0.5) is 4.79 Å². The van der Waals surface area contributed by atoms with Crippen molar-refractivity contribution in [3.05, 3.63) is 75.3 Å². The molecule has 1 amide bonds. The largest absolute Gasteiger partial charge is 0.444 e. The van der Waals surface area contributed by atoms with Crippen molar-refractivity contribution in [3.8, 4) is 0 Å². The van der Waals surface area contributed by atoms with E-state index in [9.17, 15) is 23.3 Å². The van der Waals surface area contributed by atoms with Gasteiger partial charge in [-0.15, -0.1) is 10.1 Å². The minimum absolute atomic E-state index is 0.170. The minimum atomic E-state index is -4.14. The Morgan fingerprint density at radius 3 is 2.22 bits per heavy atom. The van der Waals surface area contributed by atoms with Crippen LogP contribution >= 0.6 is 0 Å². The molecule has 0 radical (unpaired) electrons. The van der Waals surface area contributed by atoms with Crippen LogP contribution in [-0.4, -0.2) is 24.7 Å². The number of benzene rings is 2. The first-order valence-electron chi connectivity index (χ1n) is 7.55. The van der Waals surface area contributed by atoms with Gasteiger partial charge < -0.3 is 14.7 Å². The van der Waals surface area contributed by atoms with Gasteiger partial charge in [0.25, 0.3) is 15.1 Å². The van der Waals surface area contributed by atoms with Gasteiger partial charge in [-0.1, -0.05) is 36.4 Å². The average Bonchev–Trinajstić information content (AvgIpc) is 2.65. The molecule has 0 saturated carbocycles.